The predicted octanol–water partition coefficient (Wildman–Crippen LogP) is -0.929. The summed E-state index contributed by atoms with van der Waals surface area (Å²) in [5, 5.41) is 2.97. The van der Waals surface area contributed by atoms with E-state index in [1.165, 1.54) is 0 Å². The van der Waals surface area contributed by atoms with Crippen molar-refractivity contribution < 1.29 is 9.59 Å². The highest BCUT2D eigenvalue weighted by Gasteiger charge is 2.35. The molecular formula is C9H17N3O2. The smallest absolute Gasteiger partial charge is 0.239 e. The molecule has 1 rings (SSSR count). The molecule has 1 heterocycles. The Balaban J connectivity index is 2.62. The van der Waals surface area contributed by atoms with Gasteiger partial charge in [0.15, 0.2) is 0 Å². The summed E-state index contributed by atoms with van der Waals surface area (Å²) in [6.45, 7) is 4.09. The Morgan fingerprint density at radius 2 is 2.21 bits per heavy atom. The monoisotopic (exact) mass is 199 g/mol. The zero-order chi connectivity index (χ0) is 10.9. The van der Waals surface area contributed by atoms with E-state index in [0.717, 1.165) is 13.0 Å². The Bertz CT molecular complexity index is 263. The van der Waals surface area contributed by atoms with Gasteiger partial charge in [-0.05, 0) is 20.3 Å². The fourth-order valence-corrected chi connectivity index (χ4v) is 1.46. The normalized spacial score (nSPS) is 22.9. The van der Waals surface area contributed by atoms with Crippen molar-refractivity contribution in [2.75, 3.05) is 13.6 Å². The molecule has 80 valence electrons. The minimum atomic E-state index is -0.828. The van der Waals surface area contributed by atoms with E-state index < -0.39 is 11.4 Å². The molecule has 1 saturated heterocycles. The molecule has 0 radical (unpaired) electrons. The number of likely N-dealkylation sites (N-methyl/N-ethyl adjacent to an activating group) is 1. The van der Waals surface area contributed by atoms with Gasteiger partial charge in [-0.25, -0.2) is 0 Å². The van der Waals surface area contributed by atoms with Gasteiger partial charge in [0, 0.05) is 13.6 Å². The third-order valence-corrected chi connectivity index (χ3v) is 2.58. The molecule has 1 aliphatic rings. The molecular weight excluding hydrogens is 182 g/mol. The van der Waals surface area contributed by atoms with E-state index >= 15 is 0 Å². The van der Waals surface area contributed by atoms with Crippen molar-refractivity contribution in [2.45, 2.75) is 31.8 Å². The van der Waals surface area contributed by atoms with Crippen molar-refractivity contribution in [2.24, 2.45) is 5.73 Å². The van der Waals surface area contributed by atoms with E-state index in [1.54, 1.807) is 25.8 Å². The lowest BCUT2D eigenvalue weighted by Gasteiger charge is -2.25. The number of nitrogens with two attached hydrogens (primary N) is 1. The first kappa shape index (κ1) is 11.0. The average Bonchev–Trinajstić information content (AvgIpc) is 2.35. The van der Waals surface area contributed by atoms with E-state index in [2.05, 4.69) is 5.32 Å². The van der Waals surface area contributed by atoms with Gasteiger partial charge in [0.05, 0.1) is 11.6 Å². The molecule has 0 aromatic rings. The van der Waals surface area contributed by atoms with E-state index in [-0.39, 0.29) is 11.9 Å². The summed E-state index contributed by atoms with van der Waals surface area (Å²) in [5.74, 6) is -0.417. The summed E-state index contributed by atoms with van der Waals surface area (Å²) in [7, 11) is 1.75. The average molecular weight is 199 g/mol. The molecule has 14 heavy (non-hydrogen) atoms. The largest absolute Gasteiger partial charge is 0.368 e. The van der Waals surface area contributed by atoms with Gasteiger partial charge in [0.1, 0.15) is 0 Å². The first-order valence-electron chi connectivity index (χ1n) is 4.67. The second kappa shape index (κ2) is 3.57. The molecule has 0 saturated carbocycles. The molecule has 0 aromatic carbocycles. The van der Waals surface area contributed by atoms with Gasteiger partial charge in [-0.2, -0.15) is 0 Å². The number of carbonyl (C=O) groups is 2. The lowest BCUT2D eigenvalue weighted by atomic mass is 10.0. The van der Waals surface area contributed by atoms with Crippen LogP contribution < -0.4 is 11.1 Å². The first-order valence-corrected chi connectivity index (χ1v) is 4.67. The Labute approximate surface area is 83.6 Å². The minimum absolute atomic E-state index is 0.0272. The second-order valence-electron chi connectivity index (χ2n) is 4.23. The maximum atomic E-state index is 11.5. The molecule has 0 aromatic heterocycles. The third kappa shape index (κ3) is 2.04. The first-order chi connectivity index (χ1) is 6.34. The van der Waals surface area contributed by atoms with Crippen molar-refractivity contribution in [3.63, 3.8) is 0 Å². The van der Waals surface area contributed by atoms with Crippen molar-refractivity contribution in [3.05, 3.63) is 0 Å². The molecule has 1 fully saturated rings. The van der Waals surface area contributed by atoms with Crippen LogP contribution in [0.15, 0.2) is 0 Å². The maximum Gasteiger partial charge on any atom is 0.239 e. The Kier molecular flexibility index (Phi) is 2.80. The molecule has 1 aliphatic heterocycles. The highest BCUT2D eigenvalue weighted by Crippen LogP contribution is 2.12. The molecule has 0 aliphatic carbocycles. The van der Waals surface area contributed by atoms with Crippen molar-refractivity contribution >= 4 is 11.8 Å². The third-order valence-electron chi connectivity index (χ3n) is 2.58. The highest BCUT2D eigenvalue weighted by atomic mass is 16.2. The molecule has 5 nitrogen and oxygen atoms in total. The van der Waals surface area contributed by atoms with Gasteiger partial charge in [0.2, 0.25) is 11.8 Å². The maximum absolute atomic E-state index is 11.5. The summed E-state index contributed by atoms with van der Waals surface area (Å²) >= 11 is 0. The predicted molar refractivity (Wildman–Crippen MR) is 52.5 cm³/mol. The summed E-state index contributed by atoms with van der Waals surface area (Å²) in [5.41, 5.74) is 4.37. The topological polar surface area (TPSA) is 75.4 Å². The number of primary amides is 1. The van der Waals surface area contributed by atoms with Crippen LogP contribution in [-0.4, -0.2) is 41.9 Å². The summed E-state index contributed by atoms with van der Waals surface area (Å²) in [6.07, 6.45) is 0.728. The van der Waals surface area contributed by atoms with Crippen molar-refractivity contribution in [1.29, 1.82) is 0 Å². The van der Waals surface area contributed by atoms with Crippen LogP contribution in [0.1, 0.15) is 20.3 Å². The highest BCUT2D eigenvalue weighted by molar-refractivity contribution is 5.87. The van der Waals surface area contributed by atoms with Crippen LogP contribution in [0.3, 0.4) is 0 Å². The molecule has 2 amide bonds. The van der Waals surface area contributed by atoms with Gasteiger partial charge in [-0.1, -0.05) is 0 Å². The second-order valence-corrected chi connectivity index (χ2v) is 4.23. The van der Waals surface area contributed by atoms with Crippen LogP contribution in [0, 0.1) is 0 Å². The van der Waals surface area contributed by atoms with Gasteiger partial charge in [0.25, 0.3) is 0 Å². The number of nitrogens with one attached hydrogen (secondary N) is 1. The summed E-state index contributed by atoms with van der Waals surface area (Å²) < 4.78 is 0. The Hall–Kier alpha value is -1.10. The SMILES string of the molecule is CN1CCC(NC(C)(C)C(N)=O)C1=O. The van der Waals surface area contributed by atoms with E-state index in [4.69, 9.17) is 5.73 Å². The summed E-state index contributed by atoms with van der Waals surface area (Å²) in [6, 6.07) is -0.275. The van der Waals surface area contributed by atoms with Gasteiger partial charge >= 0.3 is 0 Å². The number of hydrogen-bond donors (Lipinski definition) is 2. The fourth-order valence-electron chi connectivity index (χ4n) is 1.46. The van der Waals surface area contributed by atoms with Crippen LogP contribution in [0.25, 0.3) is 0 Å². The number of likely N-dealkylation sites (tertiary alicyclic amines) is 1. The number of carbonyl (C=O) groups excluding carboxylic acids is 2. The molecule has 3 N–H and O–H groups in total. The summed E-state index contributed by atoms with van der Waals surface area (Å²) in [4.78, 5) is 24.2. The Morgan fingerprint density at radius 3 is 2.57 bits per heavy atom. The van der Waals surface area contributed by atoms with Crippen molar-refractivity contribution in [3.8, 4) is 0 Å². The van der Waals surface area contributed by atoms with Crippen LogP contribution in [0.4, 0.5) is 0 Å². The Morgan fingerprint density at radius 1 is 1.64 bits per heavy atom. The zero-order valence-corrected chi connectivity index (χ0v) is 8.83. The lowest BCUT2D eigenvalue weighted by molar-refractivity contribution is -0.129. The van der Waals surface area contributed by atoms with Gasteiger partial charge in [-0.3, -0.25) is 14.9 Å². The van der Waals surface area contributed by atoms with Gasteiger partial charge < -0.3 is 10.6 Å². The standard InChI is InChI=1S/C9H17N3O2/c1-9(2,8(10)14)11-6-4-5-12(3)7(6)13/h6,11H,4-5H2,1-3H3,(H2,10,14). The molecule has 1 atom stereocenters. The van der Waals surface area contributed by atoms with Crippen LogP contribution in [0.2, 0.25) is 0 Å². The van der Waals surface area contributed by atoms with Crippen LogP contribution in [0.5, 0.6) is 0 Å². The molecule has 1 unspecified atom stereocenters. The quantitative estimate of drug-likeness (QED) is 0.616. The van der Waals surface area contributed by atoms with Crippen molar-refractivity contribution in [1.82, 2.24) is 10.2 Å². The van der Waals surface area contributed by atoms with E-state index in [1.807, 2.05) is 0 Å². The zero-order valence-electron chi connectivity index (χ0n) is 8.83. The molecule has 5 heteroatoms. The number of amides is 2. The lowest BCUT2D eigenvalue weighted by Crippen LogP contribution is -2.56. The van der Waals surface area contributed by atoms with E-state index in [9.17, 15) is 9.59 Å². The number of rotatable bonds is 3. The van der Waals surface area contributed by atoms with E-state index in [0.29, 0.717) is 0 Å². The fraction of sp³-hybridized carbons (Fsp3) is 0.778. The van der Waals surface area contributed by atoms with Gasteiger partial charge in [-0.15, -0.1) is 0 Å². The molecule has 0 spiro atoms. The van der Waals surface area contributed by atoms with Crippen LogP contribution in [-0.2, 0) is 9.59 Å². The minimum Gasteiger partial charge on any atom is -0.368 e. The molecule has 0 bridgehead atoms. The number of nitrogens with zero attached hydrogens (tertiary/aromatic N) is 1. The van der Waals surface area contributed by atoms with Crippen LogP contribution >= 0.6 is 0 Å². The number of hydrogen-bond acceptors (Lipinski definition) is 3.